The molecule has 13 heavy (non-hydrogen) atoms. The van der Waals surface area contributed by atoms with Gasteiger partial charge in [-0.2, -0.15) is 0 Å². The molecular formula is C10H14N2O. The van der Waals surface area contributed by atoms with E-state index in [9.17, 15) is 4.79 Å². The van der Waals surface area contributed by atoms with Crippen LogP contribution in [0.5, 0.6) is 0 Å². The summed E-state index contributed by atoms with van der Waals surface area (Å²) in [7, 11) is 1.67. The number of hydrogen-bond donors (Lipinski definition) is 2. The predicted octanol–water partition coefficient (Wildman–Crippen LogP) is 1.17. The third kappa shape index (κ3) is 2.06. The average molecular weight is 178 g/mol. The third-order valence-corrected chi connectivity index (χ3v) is 1.95. The van der Waals surface area contributed by atoms with Crippen LogP contribution in [0.3, 0.4) is 0 Å². The van der Waals surface area contributed by atoms with Crippen molar-refractivity contribution in [2.75, 3.05) is 7.05 Å². The van der Waals surface area contributed by atoms with Crippen LogP contribution in [0.4, 0.5) is 0 Å². The Hall–Kier alpha value is -1.35. The maximum atomic E-state index is 11.5. The minimum absolute atomic E-state index is 0.0851. The predicted molar refractivity (Wildman–Crippen MR) is 52.4 cm³/mol. The molecule has 2 N–H and O–H groups in total. The lowest BCUT2D eigenvalue weighted by atomic mass is 10.0. The van der Waals surface area contributed by atoms with Gasteiger partial charge in [0.2, 0.25) is 0 Å². The summed E-state index contributed by atoms with van der Waals surface area (Å²) in [5, 5.41) is 0. The van der Waals surface area contributed by atoms with Gasteiger partial charge in [0.1, 0.15) is 0 Å². The molecule has 3 nitrogen and oxygen atoms in total. The van der Waals surface area contributed by atoms with E-state index in [1.807, 2.05) is 32.0 Å². The molecule has 1 aromatic rings. The molecule has 1 rings (SSSR count). The van der Waals surface area contributed by atoms with Gasteiger partial charge < -0.3 is 0 Å². The highest BCUT2D eigenvalue weighted by Gasteiger charge is 2.09. The minimum Gasteiger partial charge on any atom is -0.288 e. The number of benzene rings is 1. The quantitative estimate of drug-likeness (QED) is 0.667. The SMILES string of the molecule is CNNC(=O)c1c(C)cccc1C. The molecule has 70 valence electrons. The largest absolute Gasteiger partial charge is 0.288 e. The average Bonchev–Trinajstić information content (AvgIpc) is 2.04. The van der Waals surface area contributed by atoms with Crippen LogP contribution in [0.15, 0.2) is 18.2 Å². The zero-order valence-corrected chi connectivity index (χ0v) is 8.14. The fourth-order valence-corrected chi connectivity index (χ4v) is 1.35. The summed E-state index contributed by atoms with van der Waals surface area (Å²) < 4.78 is 0. The lowest BCUT2D eigenvalue weighted by Gasteiger charge is -2.08. The molecule has 0 aliphatic carbocycles. The zero-order chi connectivity index (χ0) is 9.84. The number of nitrogens with one attached hydrogen (secondary N) is 2. The highest BCUT2D eigenvalue weighted by atomic mass is 16.2. The van der Waals surface area contributed by atoms with Crippen LogP contribution in [0.2, 0.25) is 0 Å². The Labute approximate surface area is 78.1 Å². The number of hydrazine groups is 1. The third-order valence-electron chi connectivity index (χ3n) is 1.95. The molecule has 0 saturated heterocycles. The van der Waals surface area contributed by atoms with Gasteiger partial charge in [-0.25, -0.2) is 5.43 Å². The normalized spacial score (nSPS) is 9.77. The van der Waals surface area contributed by atoms with Crippen molar-refractivity contribution in [2.45, 2.75) is 13.8 Å². The molecule has 0 radical (unpaired) electrons. The van der Waals surface area contributed by atoms with E-state index < -0.39 is 0 Å². The van der Waals surface area contributed by atoms with E-state index in [1.54, 1.807) is 7.05 Å². The zero-order valence-electron chi connectivity index (χ0n) is 8.14. The molecule has 3 heteroatoms. The summed E-state index contributed by atoms with van der Waals surface area (Å²) in [4.78, 5) is 11.5. The molecule has 1 amide bonds. The summed E-state index contributed by atoms with van der Waals surface area (Å²) in [6, 6.07) is 5.80. The smallest absolute Gasteiger partial charge is 0.265 e. The maximum Gasteiger partial charge on any atom is 0.265 e. The van der Waals surface area contributed by atoms with Gasteiger partial charge in [-0.3, -0.25) is 10.2 Å². The number of rotatable bonds is 2. The summed E-state index contributed by atoms with van der Waals surface area (Å²) >= 11 is 0. The van der Waals surface area contributed by atoms with E-state index >= 15 is 0 Å². The molecule has 0 bridgehead atoms. The van der Waals surface area contributed by atoms with E-state index in [4.69, 9.17) is 0 Å². The Kier molecular flexibility index (Phi) is 3.03. The van der Waals surface area contributed by atoms with Crippen LogP contribution in [0.1, 0.15) is 21.5 Å². The molecule has 0 aliphatic heterocycles. The second-order valence-electron chi connectivity index (χ2n) is 2.97. The lowest BCUT2D eigenvalue weighted by molar-refractivity contribution is 0.0937. The van der Waals surface area contributed by atoms with Crippen LogP contribution < -0.4 is 10.9 Å². The second-order valence-corrected chi connectivity index (χ2v) is 2.97. The van der Waals surface area contributed by atoms with E-state index in [1.165, 1.54) is 0 Å². The number of aryl methyl sites for hydroxylation is 2. The first-order valence-corrected chi connectivity index (χ1v) is 4.20. The van der Waals surface area contributed by atoms with Gasteiger partial charge in [0.05, 0.1) is 0 Å². The van der Waals surface area contributed by atoms with Crippen molar-refractivity contribution in [1.29, 1.82) is 0 Å². The lowest BCUT2D eigenvalue weighted by Crippen LogP contribution is -2.34. The Morgan fingerprint density at radius 2 is 1.77 bits per heavy atom. The molecule has 0 aromatic heterocycles. The molecule has 0 fully saturated rings. The Balaban J connectivity index is 3.05. The maximum absolute atomic E-state index is 11.5. The van der Waals surface area contributed by atoms with Crippen LogP contribution in [-0.2, 0) is 0 Å². The minimum atomic E-state index is -0.0851. The summed E-state index contributed by atoms with van der Waals surface area (Å²) in [5.74, 6) is -0.0851. The monoisotopic (exact) mass is 178 g/mol. The molecule has 0 aliphatic rings. The topological polar surface area (TPSA) is 41.1 Å². The Morgan fingerprint density at radius 1 is 1.23 bits per heavy atom. The van der Waals surface area contributed by atoms with Gasteiger partial charge in [0.25, 0.3) is 5.91 Å². The Morgan fingerprint density at radius 3 is 2.23 bits per heavy atom. The number of hydrogen-bond acceptors (Lipinski definition) is 2. The highest BCUT2D eigenvalue weighted by Crippen LogP contribution is 2.12. The molecule has 1 aromatic carbocycles. The Bertz CT molecular complexity index is 300. The summed E-state index contributed by atoms with van der Waals surface area (Å²) in [6.45, 7) is 3.86. The van der Waals surface area contributed by atoms with Gasteiger partial charge in [-0.05, 0) is 25.0 Å². The van der Waals surface area contributed by atoms with E-state index in [0.717, 1.165) is 16.7 Å². The van der Waals surface area contributed by atoms with E-state index in [2.05, 4.69) is 10.9 Å². The standard InChI is InChI=1S/C10H14N2O/c1-7-5-4-6-8(2)9(7)10(13)12-11-3/h4-6,11H,1-3H3,(H,12,13). The molecular weight excluding hydrogens is 164 g/mol. The molecule has 0 unspecified atom stereocenters. The number of carbonyl (C=O) groups is 1. The van der Waals surface area contributed by atoms with Crippen molar-refractivity contribution >= 4 is 5.91 Å². The summed E-state index contributed by atoms with van der Waals surface area (Å²) in [6.07, 6.45) is 0. The van der Waals surface area contributed by atoms with Crippen molar-refractivity contribution in [3.05, 3.63) is 34.9 Å². The fourth-order valence-electron chi connectivity index (χ4n) is 1.35. The highest BCUT2D eigenvalue weighted by molar-refractivity contribution is 5.96. The van der Waals surface area contributed by atoms with E-state index in [-0.39, 0.29) is 5.91 Å². The molecule has 0 saturated carbocycles. The molecule has 0 spiro atoms. The van der Waals surface area contributed by atoms with Crippen molar-refractivity contribution in [3.8, 4) is 0 Å². The number of carbonyl (C=O) groups excluding carboxylic acids is 1. The fraction of sp³-hybridized carbons (Fsp3) is 0.300. The first-order chi connectivity index (χ1) is 6.16. The number of amides is 1. The van der Waals surface area contributed by atoms with Gasteiger partial charge >= 0.3 is 0 Å². The summed E-state index contributed by atoms with van der Waals surface area (Å²) in [5.41, 5.74) is 7.91. The first-order valence-electron chi connectivity index (χ1n) is 4.20. The van der Waals surface area contributed by atoms with Gasteiger partial charge in [-0.15, -0.1) is 0 Å². The van der Waals surface area contributed by atoms with Crippen molar-refractivity contribution in [3.63, 3.8) is 0 Å². The van der Waals surface area contributed by atoms with Gasteiger partial charge in [-0.1, -0.05) is 18.2 Å². The van der Waals surface area contributed by atoms with Crippen LogP contribution in [0, 0.1) is 13.8 Å². The van der Waals surface area contributed by atoms with Crippen molar-refractivity contribution in [1.82, 2.24) is 10.9 Å². The molecule has 0 heterocycles. The second kappa shape index (κ2) is 4.05. The van der Waals surface area contributed by atoms with Crippen LogP contribution >= 0.6 is 0 Å². The van der Waals surface area contributed by atoms with Crippen LogP contribution in [0.25, 0.3) is 0 Å². The molecule has 0 atom stereocenters. The van der Waals surface area contributed by atoms with Crippen molar-refractivity contribution in [2.24, 2.45) is 0 Å². The van der Waals surface area contributed by atoms with Crippen LogP contribution in [-0.4, -0.2) is 13.0 Å². The van der Waals surface area contributed by atoms with Crippen molar-refractivity contribution < 1.29 is 4.79 Å². The van der Waals surface area contributed by atoms with Gasteiger partial charge in [0, 0.05) is 12.6 Å². The first kappa shape index (κ1) is 9.74. The van der Waals surface area contributed by atoms with E-state index in [0.29, 0.717) is 0 Å². The van der Waals surface area contributed by atoms with Gasteiger partial charge in [0.15, 0.2) is 0 Å².